The highest BCUT2D eigenvalue weighted by atomic mass is 127. The highest BCUT2D eigenvalue weighted by molar-refractivity contribution is 14.2. The number of carboxylic acid groups (broad SMARTS) is 1. The molecule has 2 fully saturated rings. The number of alkyl halides is 3. The normalized spacial score (nSPS) is 34.6. The molecule has 238 valence electrons. The van der Waals surface area contributed by atoms with E-state index in [9.17, 15) is 14.4 Å². The zero-order valence-electron chi connectivity index (χ0n) is 42.2. The van der Waals surface area contributed by atoms with E-state index in [2.05, 4.69) is 81.6 Å². The minimum atomic E-state index is -3.59. The van der Waals surface area contributed by atoms with Crippen LogP contribution in [0.5, 0.6) is 0 Å². The van der Waals surface area contributed by atoms with Gasteiger partial charge in [-0.2, -0.15) is 0 Å². The van der Waals surface area contributed by atoms with Gasteiger partial charge in [-0.05, 0) is 109 Å². The number of carbonyl (C=O) groups excluding carboxylic acids is 2. The average Bonchev–Trinajstić information content (AvgIpc) is 2.97. The molecule has 0 aromatic heterocycles. The van der Waals surface area contributed by atoms with Gasteiger partial charge >= 0.3 is 18.0 Å². The predicted molar refractivity (Wildman–Crippen MR) is 190 cm³/mol. The van der Waals surface area contributed by atoms with Gasteiger partial charge in [0.15, 0.2) is 0 Å². The standard InChI is InChI=1S/C12H21NO4.C11H21NO2.C3H6I2.C3H7I/c1-12(2,3)17-11(16)13-6-4-9(5-7-13)8-10(14)15;1-11(2,3)14-10(13)8-9-4-6-12-7-5-9;1-2-3(4)5;1-2-3-4/h9H,4-8H2,1-3H3,(H,14,15);9,12H,4-8H2,1-3H3;3H,2H2,1H3;2-3H2,1H3/i2*4D2,5D2,6D2,7D2,9D;;. The molecule has 0 unspecified atom stereocenters. The molecule has 2 aliphatic rings. The maximum absolute atomic E-state index is 12.4. The molecular weight excluding hydrogens is 853 g/mol. The number of likely N-dealkylation sites (tertiary alicyclic amines) is 1. The average molecular weight is 927 g/mol. The molecule has 2 rings (SSSR count). The van der Waals surface area contributed by atoms with Crippen LogP contribution in [0.4, 0.5) is 4.79 Å². The lowest BCUT2D eigenvalue weighted by molar-refractivity contribution is -0.156. The Kier molecular flexibility index (Phi) is 11.7. The number of carbonyl (C=O) groups is 3. The Morgan fingerprint density at radius 3 is 1.73 bits per heavy atom. The zero-order chi connectivity index (χ0) is 47.5. The molecule has 1 amide bonds. The van der Waals surface area contributed by atoms with Crippen molar-refractivity contribution in [2.24, 2.45) is 11.8 Å². The maximum atomic E-state index is 12.4. The summed E-state index contributed by atoms with van der Waals surface area (Å²) in [7, 11) is 0. The Morgan fingerprint density at radius 2 is 1.38 bits per heavy atom. The quantitative estimate of drug-likeness (QED) is 0.157. The molecule has 2 heterocycles. The number of hydrogen-bond acceptors (Lipinski definition) is 6. The number of ether oxygens (including phenoxy) is 2. The molecule has 2 aliphatic heterocycles. The minimum absolute atomic E-state index is 0.361. The summed E-state index contributed by atoms with van der Waals surface area (Å²) in [5.74, 6) is -9.34. The predicted octanol–water partition coefficient (Wildman–Crippen LogP) is 8.25. The van der Waals surface area contributed by atoms with Crippen molar-refractivity contribution < 1.29 is 53.6 Å². The van der Waals surface area contributed by atoms with Crippen LogP contribution in [0.15, 0.2) is 0 Å². The molecule has 8 nitrogen and oxygen atoms in total. The number of carboxylic acids is 1. The lowest BCUT2D eigenvalue weighted by Gasteiger charge is -2.32. The number of halogens is 3. The molecular formula is C29H55I3N2O6. The van der Waals surface area contributed by atoms with Crippen molar-refractivity contribution in [1.29, 1.82) is 0 Å². The van der Waals surface area contributed by atoms with Crippen molar-refractivity contribution >= 4 is 85.8 Å². The van der Waals surface area contributed by atoms with Crippen molar-refractivity contribution in [1.82, 2.24) is 10.2 Å². The van der Waals surface area contributed by atoms with Crippen LogP contribution in [0, 0.1) is 11.8 Å². The number of aliphatic carboxylic acids is 1. The van der Waals surface area contributed by atoms with E-state index in [4.69, 9.17) is 39.3 Å². The molecule has 2 N–H and O–H groups in total. The Morgan fingerprint density at radius 1 is 0.950 bits per heavy atom. The first kappa shape index (κ1) is 19.7. The number of nitrogens with zero attached hydrogens (tertiary/aromatic N) is 1. The first-order chi connectivity index (χ1) is 25.2. The molecule has 0 aromatic carbocycles. The van der Waals surface area contributed by atoms with Crippen LogP contribution in [0.2, 0.25) is 0 Å². The first-order valence-electron chi connectivity index (χ1n) is 21.3. The molecule has 11 heteroatoms. The van der Waals surface area contributed by atoms with E-state index in [-0.39, 0.29) is 4.90 Å². The van der Waals surface area contributed by atoms with E-state index in [1.165, 1.54) is 58.8 Å². The Hall–Kier alpha value is 0.360. The van der Waals surface area contributed by atoms with Crippen LogP contribution in [-0.2, 0) is 19.1 Å². The summed E-state index contributed by atoms with van der Waals surface area (Å²) >= 11 is 7.14. The molecule has 0 atom stereocenters. The summed E-state index contributed by atoms with van der Waals surface area (Å²) in [6.07, 6.45) is -15.3. The molecule has 0 radical (unpaired) electrons. The van der Waals surface area contributed by atoms with E-state index in [0.717, 1.165) is 1.93 Å². The Balaban J connectivity index is 0. The number of amides is 1. The van der Waals surface area contributed by atoms with Gasteiger partial charge in [-0.15, -0.1) is 0 Å². The third kappa shape index (κ3) is 28.5. The van der Waals surface area contributed by atoms with Crippen molar-refractivity contribution in [3.8, 4) is 0 Å². The highest BCUT2D eigenvalue weighted by Gasteiger charge is 2.27. The number of nitrogens with one attached hydrogen (secondary N) is 1. The molecule has 0 aliphatic carbocycles. The number of esters is 1. The molecule has 0 aromatic rings. The fraction of sp³-hybridized carbons (Fsp3) is 0.897. The van der Waals surface area contributed by atoms with Gasteiger partial charge < -0.3 is 24.8 Å². The van der Waals surface area contributed by atoms with Crippen LogP contribution < -0.4 is 5.32 Å². The van der Waals surface area contributed by atoms with Crippen molar-refractivity contribution in [3.05, 3.63) is 0 Å². The lowest BCUT2D eigenvalue weighted by atomic mass is 9.94. The summed E-state index contributed by atoms with van der Waals surface area (Å²) < 4.78 is 154. The van der Waals surface area contributed by atoms with E-state index in [1.54, 1.807) is 5.32 Å². The molecule has 40 heavy (non-hydrogen) atoms. The van der Waals surface area contributed by atoms with E-state index in [1.807, 2.05) is 0 Å². The fourth-order valence-corrected chi connectivity index (χ4v) is 1.83. The summed E-state index contributed by atoms with van der Waals surface area (Å²) in [4.78, 5) is 35.1. The van der Waals surface area contributed by atoms with Crippen LogP contribution in [0.25, 0.3) is 0 Å². The summed E-state index contributed by atoms with van der Waals surface area (Å²) in [5.41, 5.74) is -2.18. The lowest BCUT2D eigenvalue weighted by Crippen LogP contribution is -2.42. The zero-order valence-corrected chi connectivity index (χ0v) is 30.7. The van der Waals surface area contributed by atoms with Crippen LogP contribution in [0.1, 0.15) is 131 Å². The topological polar surface area (TPSA) is 105 Å². The summed E-state index contributed by atoms with van der Waals surface area (Å²) in [6, 6.07) is 0. The van der Waals surface area contributed by atoms with E-state index >= 15 is 0 Å². The van der Waals surface area contributed by atoms with Gasteiger partial charge in [0.25, 0.3) is 0 Å². The number of piperidine rings is 2. The largest absolute Gasteiger partial charge is 0.481 e. The van der Waals surface area contributed by atoms with Gasteiger partial charge in [0.05, 0.1) is 1.93 Å². The summed E-state index contributed by atoms with van der Waals surface area (Å²) in [6.45, 7) is -0.159. The first-order valence-corrected chi connectivity index (χ1v) is 16.3. The molecule has 0 bridgehead atoms. The van der Waals surface area contributed by atoms with Crippen LogP contribution in [0.3, 0.4) is 0 Å². The smallest absolute Gasteiger partial charge is 0.410 e. The van der Waals surface area contributed by atoms with Crippen molar-refractivity contribution in [2.45, 2.75) is 120 Å². The van der Waals surface area contributed by atoms with Crippen molar-refractivity contribution in [3.63, 3.8) is 0 Å². The van der Waals surface area contributed by atoms with Crippen LogP contribution >= 0.6 is 67.8 Å². The van der Waals surface area contributed by atoms with Crippen molar-refractivity contribution in [2.75, 3.05) is 30.4 Å². The second kappa shape index (κ2) is 23.8. The second-order valence-electron chi connectivity index (χ2n) is 9.69. The van der Waals surface area contributed by atoms with Gasteiger partial charge in [0.1, 0.15) is 11.2 Å². The maximum Gasteiger partial charge on any atom is 0.410 e. The third-order valence-electron chi connectivity index (χ3n) is 3.33. The highest BCUT2D eigenvalue weighted by Crippen LogP contribution is 2.22. The van der Waals surface area contributed by atoms with Gasteiger partial charge in [-0.1, -0.05) is 81.6 Å². The van der Waals surface area contributed by atoms with Gasteiger partial charge in [0, 0.05) is 50.5 Å². The van der Waals surface area contributed by atoms with E-state index < -0.39 is 105 Å². The number of hydrogen-bond donors (Lipinski definition) is 2. The summed E-state index contributed by atoms with van der Waals surface area (Å²) in [5, 5.41) is 10.6. The fourth-order valence-electron chi connectivity index (χ4n) is 1.83. The third-order valence-corrected chi connectivity index (χ3v) is 6.17. The molecule has 0 spiro atoms. The SMILES string of the molecule is CCC(I)I.CCCI.[2H]C1([2H])N(C(=O)OC(C)(C)C)C([2H])([2H])C([2H])([2H])C([2H])(CC(=O)O)C1([2H])[2H].[2H]C1([2H])NC([2H])([2H])C([2H])([2H])C([2H])(CC(=O)OC(C)(C)C)C1([2H])[2H]. The number of rotatable bonds is 6. The Bertz CT molecular complexity index is 1370. The molecule has 2 saturated heterocycles. The van der Waals surface area contributed by atoms with Gasteiger partial charge in [-0.25, -0.2) is 4.79 Å². The van der Waals surface area contributed by atoms with E-state index in [0.29, 0.717) is 0 Å². The van der Waals surface area contributed by atoms with Gasteiger partial charge in [0.2, 0.25) is 0 Å². The van der Waals surface area contributed by atoms with Crippen LogP contribution in [-0.4, -0.2) is 71.6 Å². The minimum Gasteiger partial charge on any atom is -0.481 e. The Labute approximate surface area is 310 Å². The van der Waals surface area contributed by atoms with Gasteiger partial charge in [-0.3, -0.25) is 9.59 Å². The second-order valence-corrected chi connectivity index (χ2v) is 16.2. The molecule has 0 saturated carbocycles. The monoisotopic (exact) mass is 926 g/mol.